The predicted molar refractivity (Wildman–Crippen MR) is 109 cm³/mol. The molecule has 1 N–H and O–H groups in total. The normalized spacial score (nSPS) is 15.2. The summed E-state index contributed by atoms with van der Waals surface area (Å²) in [5, 5.41) is 14.0. The summed E-state index contributed by atoms with van der Waals surface area (Å²) in [4.78, 5) is 23.8. The van der Waals surface area contributed by atoms with Gasteiger partial charge in [0.1, 0.15) is 5.75 Å². The van der Waals surface area contributed by atoms with Gasteiger partial charge in [-0.1, -0.05) is 31.9 Å². The lowest BCUT2D eigenvalue weighted by atomic mass is 9.78. The first-order valence-electron chi connectivity index (χ1n) is 9.76. The van der Waals surface area contributed by atoms with Gasteiger partial charge in [-0.05, 0) is 55.5 Å². The van der Waals surface area contributed by atoms with Crippen molar-refractivity contribution >= 4 is 17.3 Å². The average molecular weight is 382 g/mol. The Labute approximate surface area is 165 Å². The molecule has 0 aromatic heterocycles. The zero-order valence-electron chi connectivity index (χ0n) is 16.4. The lowest BCUT2D eigenvalue weighted by molar-refractivity contribution is -0.384. The third kappa shape index (κ3) is 4.01. The molecule has 3 rings (SSSR count). The highest BCUT2D eigenvalue weighted by Crippen LogP contribution is 2.42. The molecule has 148 valence electrons. The Morgan fingerprint density at radius 3 is 2.43 bits per heavy atom. The molecule has 28 heavy (non-hydrogen) atoms. The SMILES string of the molecule is CCCOc1ccc(NC(=O)C2(c3ccc([N+](=O)[O-])cc3)CCCC2)cc1C. The summed E-state index contributed by atoms with van der Waals surface area (Å²) in [7, 11) is 0. The van der Waals surface area contributed by atoms with Crippen molar-refractivity contribution in [2.75, 3.05) is 11.9 Å². The number of anilines is 1. The highest BCUT2D eigenvalue weighted by Gasteiger charge is 2.42. The van der Waals surface area contributed by atoms with Crippen molar-refractivity contribution < 1.29 is 14.5 Å². The molecule has 0 atom stereocenters. The minimum atomic E-state index is -0.638. The van der Waals surface area contributed by atoms with Crippen LogP contribution < -0.4 is 10.1 Å². The molecule has 0 bridgehead atoms. The smallest absolute Gasteiger partial charge is 0.269 e. The number of ether oxygens (including phenoxy) is 1. The monoisotopic (exact) mass is 382 g/mol. The fourth-order valence-electron chi connectivity index (χ4n) is 3.88. The molecule has 1 aliphatic rings. The molecule has 0 radical (unpaired) electrons. The molecule has 2 aromatic rings. The van der Waals surface area contributed by atoms with Crippen molar-refractivity contribution in [3.63, 3.8) is 0 Å². The molecule has 2 aromatic carbocycles. The van der Waals surface area contributed by atoms with E-state index in [9.17, 15) is 14.9 Å². The van der Waals surface area contributed by atoms with E-state index in [0.717, 1.165) is 54.7 Å². The fourth-order valence-corrected chi connectivity index (χ4v) is 3.88. The quantitative estimate of drug-likeness (QED) is 0.531. The molecule has 1 amide bonds. The maximum Gasteiger partial charge on any atom is 0.269 e. The summed E-state index contributed by atoms with van der Waals surface area (Å²) in [5.41, 5.74) is 1.95. The molecule has 6 nitrogen and oxygen atoms in total. The number of non-ortho nitro benzene ring substituents is 1. The first-order valence-corrected chi connectivity index (χ1v) is 9.76. The number of carbonyl (C=O) groups excluding carboxylic acids is 1. The van der Waals surface area contributed by atoms with Crippen molar-refractivity contribution in [2.24, 2.45) is 0 Å². The fraction of sp³-hybridized carbons (Fsp3) is 0.409. The standard InChI is InChI=1S/C22H26N2O4/c1-3-14-28-20-11-8-18(15-16(20)2)23-21(25)22(12-4-5-13-22)17-6-9-19(10-7-17)24(26)27/h6-11,15H,3-5,12-14H2,1-2H3,(H,23,25). The lowest BCUT2D eigenvalue weighted by Gasteiger charge is -2.28. The molecule has 1 aliphatic carbocycles. The van der Waals surface area contributed by atoms with Crippen molar-refractivity contribution in [2.45, 2.75) is 51.4 Å². The summed E-state index contributed by atoms with van der Waals surface area (Å²) in [6.45, 7) is 4.68. The van der Waals surface area contributed by atoms with Gasteiger partial charge in [-0.3, -0.25) is 14.9 Å². The van der Waals surface area contributed by atoms with Gasteiger partial charge in [-0.15, -0.1) is 0 Å². The molecule has 6 heteroatoms. The number of benzene rings is 2. The Bertz CT molecular complexity index is 855. The van der Waals surface area contributed by atoms with Crippen LogP contribution in [-0.2, 0) is 10.2 Å². The van der Waals surface area contributed by atoms with Crippen molar-refractivity contribution in [3.8, 4) is 5.75 Å². The van der Waals surface area contributed by atoms with Gasteiger partial charge < -0.3 is 10.1 Å². The number of nitro groups is 1. The zero-order valence-corrected chi connectivity index (χ0v) is 16.4. The molecule has 0 unspecified atom stereocenters. The van der Waals surface area contributed by atoms with Crippen LogP contribution in [0.2, 0.25) is 0 Å². The van der Waals surface area contributed by atoms with Gasteiger partial charge in [-0.2, -0.15) is 0 Å². The van der Waals surface area contributed by atoms with Crippen LogP contribution in [0.4, 0.5) is 11.4 Å². The summed E-state index contributed by atoms with van der Waals surface area (Å²) < 4.78 is 5.70. The Morgan fingerprint density at radius 1 is 1.18 bits per heavy atom. The van der Waals surface area contributed by atoms with Crippen LogP contribution in [0.25, 0.3) is 0 Å². The minimum Gasteiger partial charge on any atom is -0.493 e. The topological polar surface area (TPSA) is 81.5 Å². The van der Waals surface area contributed by atoms with Gasteiger partial charge in [0.2, 0.25) is 5.91 Å². The first-order chi connectivity index (χ1) is 13.5. The minimum absolute atomic E-state index is 0.0376. The number of hydrogen-bond acceptors (Lipinski definition) is 4. The third-order valence-corrected chi connectivity index (χ3v) is 5.42. The van der Waals surface area contributed by atoms with Gasteiger partial charge in [-0.25, -0.2) is 0 Å². The Kier molecular flexibility index (Phi) is 5.97. The molecule has 1 saturated carbocycles. The van der Waals surface area contributed by atoms with E-state index in [1.54, 1.807) is 12.1 Å². The zero-order chi connectivity index (χ0) is 20.1. The van der Waals surface area contributed by atoms with Crippen molar-refractivity contribution in [3.05, 3.63) is 63.7 Å². The molecule has 1 fully saturated rings. The number of aryl methyl sites for hydroxylation is 1. The van der Waals surface area contributed by atoms with E-state index in [0.29, 0.717) is 6.61 Å². The lowest BCUT2D eigenvalue weighted by Crippen LogP contribution is -2.38. The summed E-state index contributed by atoms with van der Waals surface area (Å²) >= 11 is 0. The van der Waals surface area contributed by atoms with Crippen LogP contribution in [0.15, 0.2) is 42.5 Å². The van der Waals surface area contributed by atoms with Gasteiger partial charge in [0.25, 0.3) is 5.69 Å². The maximum absolute atomic E-state index is 13.2. The van der Waals surface area contributed by atoms with Crippen LogP contribution in [0.5, 0.6) is 5.75 Å². The Balaban J connectivity index is 1.82. The van der Waals surface area contributed by atoms with Gasteiger partial charge in [0.15, 0.2) is 0 Å². The van der Waals surface area contributed by atoms with Gasteiger partial charge in [0.05, 0.1) is 16.9 Å². The number of rotatable bonds is 7. The number of nitro benzene ring substituents is 1. The van der Waals surface area contributed by atoms with Crippen LogP contribution in [0.1, 0.15) is 50.2 Å². The number of amides is 1. The van der Waals surface area contributed by atoms with E-state index in [-0.39, 0.29) is 11.6 Å². The molecule has 0 aliphatic heterocycles. The summed E-state index contributed by atoms with van der Waals surface area (Å²) in [6.07, 6.45) is 4.36. The highest BCUT2D eigenvalue weighted by molar-refractivity contribution is 5.99. The van der Waals surface area contributed by atoms with E-state index >= 15 is 0 Å². The van der Waals surface area contributed by atoms with Gasteiger partial charge >= 0.3 is 0 Å². The number of nitrogens with zero attached hydrogens (tertiary/aromatic N) is 1. The maximum atomic E-state index is 13.2. The third-order valence-electron chi connectivity index (χ3n) is 5.42. The van der Waals surface area contributed by atoms with Crippen LogP contribution in [-0.4, -0.2) is 17.4 Å². The van der Waals surface area contributed by atoms with Crippen LogP contribution >= 0.6 is 0 Å². The molecular formula is C22H26N2O4. The van der Waals surface area contributed by atoms with Crippen molar-refractivity contribution in [1.29, 1.82) is 0 Å². The largest absolute Gasteiger partial charge is 0.493 e. The number of nitrogens with one attached hydrogen (secondary N) is 1. The molecular weight excluding hydrogens is 356 g/mol. The van der Waals surface area contributed by atoms with Gasteiger partial charge in [0, 0.05) is 17.8 Å². The predicted octanol–water partition coefficient (Wildman–Crippen LogP) is 5.14. The average Bonchev–Trinajstić information content (AvgIpc) is 3.19. The molecule has 0 spiro atoms. The first kappa shape index (κ1) is 19.9. The Morgan fingerprint density at radius 2 is 1.86 bits per heavy atom. The molecule has 0 heterocycles. The van der Waals surface area contributed by atoms with E-state index in [1.165, 1.54) is 12.1 Å². The highest BCUT2D eigenvalue weighted by atomic mass is 16.6. The van der Waals surface area contributed by atoms with Crippen molar-refractivity contribution in [1.82, 2.24) is 0 Å². The number of hydrogen-bond donors (Lipinski definition) is 1. The second-order valence-electron chi connectivity index (χ2n) is 7.38. The summed E-state index contributed by atoms with van der Waals surface area (Å²) in [6, 6.07) is 12.1. The van der Waals surface area contributed by atoms with E-state index < -0.39 is 10.3 Å². The van der Waals surface area contributed by atoms with Crippen LogP contribution in [0, 0.1) is 17.0 Å². The second-order valence-corrected chi connectivity index (χ2v) is 7.38. The second kappa shape index (κ2) is 8.42. The molecule has 0 saturated heterocycles. The van der Waals surface area contributed by atoms with E-state index in [1.807, 2.05) is 25.1 Å². The summed E-state index contributed by atoms with van der Waals surface area (Å²) in [5.74, 6) is 0.770. The van der Waals surface area contributed by atoms with E-state index in [2.05, 4.69) is 12.2 Å². The number of carbonyl (C=O) groups is 1. The van der Waals surface area contributed by atoms with Crippen LogP contribution in [0.3, 0.4) is 0 Å². The Hall–Kier alpha value is -2.89. The van der Waals surface area contributed by atoms with E-state index in [4.69, 9.17) is 4.74 Å².